The van der Waals surface area contributed by atoms with Gasteiger partial charge < -0.3 is 10.4 Å². The number of aliphatic carboxylic acids is 1. The summed E-state index contributed by atoms with van der Waals surface area (Å²) in [4.78, 5) is 21.8. The minimum atomic E-state index is -1.01. The number of hydrogen-bond acceptors (Lipinski definition) is 2. The second kappa shape index (κ2) is 4.07. The van der Waals surface area contributed by atoms with Crippen molar-refractivity contribution in [1.82, 2.24) is 5.32 Å². The SMILES string of the molecule is C=CCC(NC(=O)C1CC1)C(=O)O. The maximum atomic E-state index is 11.2. The molecule has 4 nitrogen and oxygen atoms in total. The van der Waals surface area contributed by atoms with Crippen LogP contribution in [0.15, 0.2) is 12.7 Å². The highest BCUT2D eigenvalue weighted by Crippen LogP contribution is 2.28. The van der Waals surface area contributed by atoms with Gasteiger partial charge in [-0.2, -0.15) is 0 Å². The Morgan fingerprint density at radius 2 is 2.23 bits per heavy atom. The zero-order valence-corrected chi connectivity index (χ0v) is 7.32. The fourth-order valence-electron chi connectivity index (χ4n) is 1.02. The quantitative estimate of drug-likeness (QED) is 0.611. The second-order valence-electron chi connectivity index (χ2n) is 3.20. The minimum absolute atomic E-state index is 0.0478. The fourth-order valence-corrected chi connectivity index (χ4v) is 1.02. The number of amides is 1. The molecule has 1 aliphatic rings. The first-order chi connectivity index (χ1) is 6.15. The highest BCUT2D eigenvalue weighted by molar-refractivity contribution is 5.86. The van der Waals surface area contributed by atoms with Crippen LogP contribution in [0.4, 0.5) is 0 Å². The normalized spacial score (nSPS) is 17.5. The van der Waals surface area contributed by atoms with E-state index in [2.05, 4.69) is 11.9 Å². The van der Waals surface area contributed by atoms with Gasteiger partial charge in [-0.1, -0.05) is 6.08 Å². The van der Waals surface area contributed by atoms with Gasteiger partial charge in [-0.15, -0.1) is 6.58 Å². The molecular formula is C9H13NO3. The summed E-state index contributed by atoms with van der Waals surface area (Å²) in [6, 6.07) is -0.814. The molecule has 4 heteroatoms. The third-order valence-electron chi connectivity index (χ3n) is 1.97. The molecule has 0 heterocycles. The van der Waals surface area contributed by atoms with E-state index in [0.29, 0.717) is 0 Å². The number of carbonyl (C=O) groups excluding carboxylic acids is 1. The van der Waals surface area contributed by atoms with Gasteiger partial charge in [0.25, 0.3) is 0 Å². The molecule has 0 bridgehead atoms. The molecule has 0 aliphatic heterocycles. The molecule has 2 N–H and O–H groups in total. The molecule has 1 aliphatic carbocycles. The van der Waals surface area contributed by atoms with Crippen molar-refractivity contribution in [3.8, 4) is 0 Å². The van der Waals surface area contributed by atoms with Gasteiger partial charge in [-0.05, 0) is 19.3 Å². The van der Waals surface area contributed by atoms with E-state index in [9.17, 15) is 9.59 Å². The summed E-state index contributed by atoms with van der Waals surface area (Å²) in [5, 5.41) is 11.2. The number of hydrogen-bond donors (Lipinski definition) is 2. The van der Waals surface area contributed by atoms with Crippen molar-refractivity contribution in [3.05, 3.63) is 12.7 Å². The van der Waals surface area contributed by atoms with Crippen molar-refractivity contribution in [3.63, 3.8) is 0 Å². The zero-order valence-electron chi connectivity index (χ0n) is 7.32. The summed E-state index contributed by atoms with van der Waals surface area (Å²) in [6.45, 7) is 3.44. The van der Waals surface area contributed by atoms with Gasteiger partial charge in [0.1, 0.15) is 6.04 Å². The van der Waals surface area contributed by atoms with Gasteiger partial charge in [-0.3, -0.25) is 4.79 Å². The van der Waals surface area contributed by atoms with Gasteiger partial charge in [0.15, 0.2) is 0 Å². The smallest absolute Gasteiger partial charge is 0.326 e. The first-order valence-corrected chi connectivity index (χ1v) is 4.29. The molecule has 0 aromatic carbocycles. The summed E-state index contributed by atoms with van der Waals surface area (Å²) in [5.74, 6) is -1.10. The third-order valence-corrected chi connectivity index (χ3v) is 1.97. The van der Waals surface area contributed by atoms with Crippen molar-refractivity contribution in [2.45, 2.75) is 25.3 Å². The van der Waals surface area contributed by atoms with Crippen LogP contribution in [0.5, 0.6) is 0 Å². The Morgan fingerprint density at radius 1 is 1.62 bits per heavy atom. The van der Waals surface area contributed by atoms with Gasteiger partial charge in [0.05, 0.1) is 0 Å². The summed E-state index contributed by atoms with van der Waals surface area (Å²) >= 11 is 0. The predicted molar refractivity (Wildman–Crippen MR) is 47.1 cm³/mol. The lowest BCUT2D eigenvalue weighted by molar-refractivity contribution is -0.141. The average Bonchev–Trinajstić information content (AvgIpc) is 2.85. The molecule has 1 amide bonds. The van der Waals surface area contributed by atoms with Crippen molar-refractivity contribution in [1.29, 1.82) is 0 Å². The lowest BCUT2D eigenvalue weighted by Crippen LogP contribution is -2.41. The van der Waals surface area contributed by atoms with E-state index in [1.165, 1.54) is 6.08 Å². The molecule has 0 spiro atoms. The van der Waals surface area contributed by atoms with Crippen LogP contribution in [0, 0.1) is 5.92 Å². The third kappa shape index (κ3) is 2.89. The summed E-state index contributed by atoms with van der Waals surface area (Å²) in [7, 11) is 0. The molecule has 13 heavy (non-hydrogen) atoms. The molecule has 0 saturated heterocycles. The van der Waals surface area contributed by atoms with Crippen molar-refractivity contribution in [2.24, 2.45) is 5.92 Å². The minimum Gasteiger partial charge on any atom is -0.480 e. The van der Waals surface area contributed by atoms with E-state index in [4.69, 9.17) is 5.11 Å². The van der Waals surface area contributed by atoms with E-state index in [0.717, 1.165) is 12.8 Å². The van der Waals surface area contributed by atoms with Crippen molar-refractivity contribution >= 4 is 11.9 Å². The molecule has 1 rings (SSSR count). The standard InChI is InChI=1S/C9H13NO3/c1-2-3-7(9(12)13)10-8(11)6-4-5-6/h2,6-7H,1,3-5H2,(H,10,11)(H,12,13). The number of carbonyl (C=O) groups is 2. The molecule has 1 atom stereocenters. The van der Waals surface area contributed by atoms with Crippen LogP contribution in [-0.2, 0) is 9.59 Å². The summed E-state index contributed by atoms with van der Waals surface area (Å²) in [5.41, 5.74) is 0. The number of carboxylic acid groups (broad SMARTS) is 1. The van der Waals surface area contributed by atoms with Gasteiger partial charge >= 0.3 is 5.97 Å². The summed E-state index contributed by atoms with van der Waals surface area (Å²) < 4.78 is 0. The maximum Gasteiger partial charge on any atom is 0.326 e. The highest BCUT2D eigenvalue weighted by atomic mass is 16.4. The molecule has 1 fully saturated rings. The second-order valence-corrected chi connectivity index (χ2v) is 3.20. The fraction of sp³-hybridized carbons (Fsp3) is 0.556. The Labute approximate surface area is 76.6 Å². The maximum absolute atomic E-state index is 11.2. The molecule has 0 radical (unpaired) electrons. The van der Waals surface area contributed by atoms with Crippen LogP contribution >= 0.6 is 0 Å². The predicted octanol–water partition coefficient (Wildman–Crippen LogP) is 0.542. The molecular weight excluding hydrogens is 170 g/mol. The van der Waals surface area contributed by atoms with Crippen LogP contribution in [0.25, 0.3) is 0 Å². The number of rotatable bonds is 5. The Balaban J connectivity index is 2.40. The number of carboxylic acids is 1. The van der Waals surface area contributed by atoms with E-state index in [1.807, 2.05) is 0 Å². The van der Waals surface area contributed by atoms with Crippen LogP contribution in [0.2, 0.25) is 0 Å². The van der Waals surface area contributed by atoms with Crippen LogP contribution in [0.3, 0.4) is 0 Å². The van der Waals surface area contributed by atoms with Crippen molar-refractivity contribution < 1.29 is 14.7 Å². The van der Waals surface area contributed by atoms with Crippen LogP contribution < -0.4 is 5.32 Å². The first-order valence-electron chi connectivity index (χ1n) is 4.29. The Kier molecular flexibility index (Phi) is 3.06. The summed E-state index contributed by atoms with van der Waals surface area (Å²) in [6.07, 6.45) is 3.53. The number of nitrogens with one attached hydrogen (secondary N) is 1. The van der Waals surface area contributed by atoms with Crippen LogP contribution in [-0.4, -0.2) is 23.0 Å². The lowest BCUT2D eigenvalue weighted by Gasteiger charge is -2.11. The molecule has 72 valence electrons. The van der Waals surface area contributed by atoms with Gasteiger partial charge in [0, 0.05) is 5.92 Å². The molecule has 1 unspecified atom stereocenters. The van der Waals surface area contributed by atoms with Crippen LogP contribution in [0.1, 0.15) is 19.3 Å². The van der Waals surface area contributed by atoms with E-state index < -0.39 is 12.0 Å². The highest BCUT2D eigenvalue weighted by Gasteiger charge is 2.32. The monoisotopic (exact) mass is 183 g/mol. The lowest BCUT2D eigenvalue weighted by atomic mass is 10.2. The molecule has 0 aromatic heterocycles. The Bertz CT molecular complexity index is 233. The molecule has 0 aromatic rings. The van der Waals surface area contributed by atoms with E-state index in [1.54, 1.807) is 0 Å². The van der Waals surface area contributed by atoms with Gasteiger partial charge in [0.2, 0.25) is 5.91 Å². The van der Waals surface area contributed by atoms with E-state index in [-0.39, 0.29) is 18.2 Å². The Hall–Kier alpha value is -1.32. The van der Waals surface area contributed by atoms with Gasteiger partial charge in [-0.25, -0.2) is 4.79 Å². The average molecular weight is 183 g/mol. The largest absolute Gasteiger partial charge is 0.480 e. The molecule has 1 saturated carbocycles. The first kappa shape index (κ1) is 9.77. The Morgan fingerprint density at radius 3 is 2.62 bits per heavy atom. The van der Waals surface area contributed by atoms with E-state index >= 15 is 0 Å². The van der Waals surface area contributed by atoms with Crippen molar-refractivity contribution in [2.75, 3.05) is 0 Å². The topological polar surface area (TPSA) is 66.4 Å². The zero-order chi connectivity index (χ0) is 9.84.